The number of aromatic nitrogens is 2. The lowest BCUT2D eigenvalue weighted by Gasteiger charge is -2.34. The Hall–Kier alpha value is -4.50. The zero-order valence-corrected chi connectivity index (χ0v) is 21.7. The van der Waals surface area contributed by atoms with Crippen LogP contribution in [0.3, 0.4) is 0 Å². The Kier molecular flexibility index (Phi) is 6.93. The van der Waals surface area contributed by atoms with Gasteiger partial charge in [-0.3, -0.25) is 19.0 Å². The highest BCUT2D eigenvalue weighted by Crippen LogP contribution is 2.23. The van der Waals surface area contributed by atoms with Gasteiger partial charge in [0.05, 0.1) is 16.6 Å². The first-order valence-corrected chi connectivity index (χ1v) is 12.5. The molecular formula is C29H30N6O3. The summed E-state index contributed by atoms with van der Waals surface area (Å²) < 4.78 is 1.53. The number of nitrogens with one attached hydrogen (secondary N) is 2. The van der Waals surface area contributed by atoms with Crippen molar-refractivity contribution >= 4 is 39.8 Å². The summed E-state index contributed by atoms with van der Waals surface area (Å²) in [6.45, 7) is 7.09. The highest BCUT2D eigenvalue weighted by atomic mass is 16.2. The molecule has 0 saturated carbocycles. The topological polar surface area (TPSA) is 99.6 Å². The summed E-state index contributed by atoms with van der Waals surface area (Å²) in [7, 11) is 2.11. The fourth-order valence-corrected chi connectivity index (χ4v) is 4.63. The van der Waals surface area contributed by atoms with Crippen molar-refractivity contribution in [3.63, 3.8) is 0 Å². The van der Waals surface area contributed by atoms with Gasteiger partial charge in [0.15, 0.2) is 0 Å². The largest absolute Gasteiger partial charge is 0.369 e. The van der Waals surface area contributed by atoms with Crippen molar-refractivity contribution in [1.29, 1.82) is 0 Å². The number of aryl methyl sites for hydroxylation is 1. The summed E-state index contributed by atoms with van der Waals surface area (Å²) in [6, 6.07) is 18.0. The molecule has 9 heteroatoms. The van der Waals surface area contributed by atoms with Crippen LogP contribution in [0.15, 0.2) is 71.8 Å². The van der Waals surface area contributed by atoms with Gasteiger partial charge in [-0.1, -0.05) is 12.1 Å². The van der Waals surface area contributed by atoms with Crippen LogP contribution in [-0.2, 0) is 4.79 Å². The SMILES string of the molecule is CC(=O)Nc1cccc(C(=O)Nc2ccc(C)c(-n3cnc4ccc(N5CCN(C)CC5)cc4c3=O)c2)c1. The number of benzene rings is 3. The van der Waals surface area contributed by atoms with Crippen LogP contribution in [0.25, 0.3) is 16.6 Å². The van der Waals surface area contributed by atoms with Crippen molar-refractivity contribution < 1.29 is 9.59 Å². The molecule has 194 valence electrons. The van der Waals surface area contributed by atoms with E-state index in [4.69, 9.17) is 0 Å². The van der Waals surface area contributed by atoms with E-state index in [0.29, 0.717) is 33.5 Å². The van der Waals surface area contributed by atoms with E-state index in [0.717, 1.165) is 37.4 Å². The van der Waals surface area contributed by atoms with E-state index in [9.17, 15) is 14.4 Å². The van der Waals surface area contributed by atoms with Crippen molar-refractivity contribution in [2.24, 2.45) is 0 Å². The number of hydrogen-bond acceptors (Lipinski definition) is 6. The van der Waals surface area contributed by atoms with Gasteiger partial charge in [-0.2, -0.15) is 0 Å². The lowest BCUT2D eigenvalue weighted by atomic mass is 10.1. The van der Waals surface area contributed by atoms with Crippen molar-refractivity contribution in [2.45, 2.75) is 13.8 Å². The van der Waals surface area contributed by atoms with E-state index in [1.807, 2.05) is 31.2 Å². The molecule has 1 aliphatic rings. The van der Waals surface area contributed by atoms with Gasteiger partial charge in [0, 0.05) is 55.7 Å². The average Bonchev–Trinajstić information content (AvgIpc) is 2.90. The monoisotopic (exact) mass is 510 g/mol. The Morgan fingerprint density at radius 1 is 0.895 bits per heavy atom. The summed E-state index contributed by atoms with van der Waals surface area (Å²) >= 11 is 0. The van der Waals surface area contributed by atoms with Crippen molar-refractivity contribution in [1.82, 2.24) is 14.5 Å². The van der Waals surface area contributed by atoms with Gasteiger partial charge in [0.25, 0.3) is 11.5 Å². The Bertz CT molecular complexity index is 1590. The highest BCUT2D eigenvalue weighted by molar-refractivity contribution is 6.05. The average molecular weight is 511 g/mol. The van der Waals surface area contributed by atoms with Crippen LogP contribution in [0.2, 0.25) is 0 Å². The normalized spacial score (nSPS) is 13.9. The number of hydrogen-bond donors (Lipinski definition) is 2. The van der Waals surface area contributed by atoms with Crippen LogP contribution in [0.4, 0.5) is 17.1 Å². The van der Waals surface area contributed by atoms with E-state index in [1.54, 1.807) is 36.4 Å². The molecule has 38 heavy (non-hydrogen) atoms. The maximum Gasteiger partial charge on any atom is 0.265 e. The third-order valence-electron chi connectivity index (χ3n) is 6.78. The highest BCUT2D eigenvalue weighted by Gasteiger charge is 2.17. The molecule has 1 aromatic heterocycles. The number of carbonyl (C=O) groups is 2. The summed E-state index contributed by atoms with van der Waals surface area (Å²) in [5.74, 6) is -0.538. The van der Waals surface area contributed by atoms with Crippen LogP contribution in [0, 0.1) is 6.92 Å². The van der Waals surface area contributed by atoms with Gasteiger partial charge in [-0.25, -0.2) is 4.98 Å². The molecule has 2 heterocycles. The van der Waals surface area contributed by atoms with Gasteiger partial charge in [-0.05, 0) is 68.1 Å². The fraction of sp³-hybridized carbons (Fsp3) is 0.241. The minimum Gasteiger partial charge on any atom is -0.369 e. The standard InChI is InChI=1S/C29H30N6O3/c1-19-7-8-23(32-28(37)21-5-4-6-22(15-21)31-20(2)36)16-27(19)35-18-30-26-10-9-24(17-25(26)29(35)38)34-13-11-33(3)12-14-34/h4-10,15-18H,11-14H2,1-3H3,(H,31,36)(H,32,37). The number of nitrogens with zero attached hydrogens (tertiary/aromatic N) is 4. The van der Waals surface area contributed by atoms with Crippen molar-refractivity contribution in [3.8, 4) is 5.69 Å². The zero-order chi connectivity index (χ0) is 26.8. The summed E-state index contributed by atoms with van der Waals surface area (Å²) in [5, 5.41) is 6.12. The third kappa shape index (κ3) is 5.28. The molecule has 9 nitrogen and oxygen atoms in total. The second-order valence-corrected chi connectivity index (χ2v) is 9.63. The number of likely N-dealkylation sites (N-methyl/N-ethyl adjacent to an activating group) is 1. The number of carbonyl (C=O) groups excluding carboxylic acids is 2. The maximum atomic E-state index is 13.6. The molecule has 0 radical (unpaired) electrons. The van der Waals surface area contributed by atoms with Gasteiger partial charge < -0.3 is 20.4 Å². The van der Waals surface area contributed by atoms with E-state index in [-0.39, 0.29) is 17.4 Å². The summed E-state index contributed by atoms with van der Waals surface area (Å²) in [6.07, 6.45) is 1.53. The number of piperazine rings is 1. The van der Waals surface area contributed by atoms with Crippen LogP contribution in [0.5, 0.6) is 0 Å². The lowest BCUT2D eigenvalue weighted by Crippen LogP contribution is -2.44. The quantitative estimate of drug-likeness (QED) is 0.425. The Balaban J connectivity index is 1.45. The van der Waals surface area contributed by atoms with E-state index in [1.165, 1.54) is 17.8 Å². The molecule has 0 bridgehead atoms. The second kappa shape index (κ2) is 10.5. The van der Waals surface area contributed by atoms with Crippen LogP contribution in [0.1, 0.15) is 22.8 Å². The summed E-state index contributed by atoms with van der Waals surface area (Å²) in [4.78, 5) is 47.0. The Labute approximate surface area is 220 Å². The van der Waals surface area contributed by atoms with Gasteiger partial charge in [0.1, 0.15) is 6.33 Å². The fourth-order valence-electron chi connectivity index (χ4n) is 4.63. The van der Waals surface area contributed by atoms with E-state index >= 15 is 0 Å². The first kappa shape index (κ1) is 25.2. The molecule has 1 fully saturated rings. The Morgan fingerprint density at radius 2 is 1.66 bits per heavy atom. The lowest BCUT2D eigenvalue weighted by molar-refractivity contribution is -0.114. The molecule has 0 unspecified atom stereocenters. The molecule has 3 aromatic carbocycles. The van der Waals surface area contributed by atoms with Gasteiger partial charge >= 0.3 is 0 Å². The number of anilines is 3. The molecule has 1 aliphatic heterocycles. The molecule has 0 atom stereocenters. The minimum atomic E-state index is -0.326. The number of fused-ring (bicyclic) bond motifs is 1. The van der Waals surface area contributed by atoms with Crippen LogP contribution in [-0.4, -0.2) is 59.5 Å². The predicted octanol–water partition coefficient (Wildman–Crippen LogP) is 3.66. The Morgan fingerprint density at radius 3 is 2.42 bits per heavy atom. The van der Waals surface area contributed by atoms with Gasteiger partial charge in [-0.15, -0.1) is 0 Å². The molecule has 0 aliphatic carbocycles. The first-order chi connectivity index (χ1) is 18.3. The zero-order valence-electron chi connectivity index (χ0n) is 21.7. The molecule has 2 amide bonds. The number of rotatable bonds is 5. The van der Waals surface area contributed by atoms with Crippen molar-refractivity contribution in [3.05, 3.63) is 88.5 Å². The minimum absolute atomic E-state index is 0.166. The second-order valence-electron chi connectivity index (χ2n) is 9.63. The van der Waals surface area contributed by atoms with Gasteiger partial charge in [0.2, 0.25) is 5.91 Å². The van der Waals surface area contributed by atoms with Crippen LogP contribution < -0.4 is 21.1 Å². The van der Waals surface area contributed by atoms with Crippen molar-refractivity contribution in [2.75, 3.05) is 48.8 Å². The van der Waals surface area contributed by atoms with E-state index < -0.39 is 0 Å². The van der Waals surface area contributed by atoms with E-state index in [2.05, 4.69) is 32.5 Å². The third-order valence-corrected chi connectivity index (χ3v) is 6.78. The predicted molar refractivity (Wildman–Crippen MR) is 150 cm³/mol. The molecule has 2 N–H and O–H groups in total. The smallest absolute Gasteiger partial charge is 0.265 e. The molecule has 1 saturated heterocycles. The van der Waals surface area contributed by atoms with Crippen LogP contribution >= 0.6 is 0 Å². The molecule has 4 aromatic rings. The molecule has 0 spiro atoms. The maximum absolute atomic E-state index is 13.6. The molecular weight excluding hydrogens is 480 g/mol. The summed E-state index contributed by atoms with van der Waals surface area (Å²) in [5.41, 5.74) is 4.48. The first-order valence-electron chi connectivity index (χ1n) is 12.5. The number of amides is 2. The molecule has 5 rings (SSSR count).